The zero-order valence-corrected chi connectivity index (χ0v) is 18.0. The van der Waals surface area contributed by atoms with E-state index in [9.17, 15) is 14.4 Å². The lowest BCUT2D eigenvalue weighted by molar-refractivity contribution is -0.136. The number of aromatic nitrogens is 2. The number of hydrogen-bond acceptors (Lipinski definition) is 4. The van der Waals surface area contributed by atoms with Crippen LogP contribution in [0.2, 0.25) is 5.02 Å². The summed E-state index contributed by atoms with van der Waals surface area (Å²) in [6.45, 7) is 3.25. The highest BCUT2D eigenvalue weighted by Crippen LogP contribution is 2.30. The Bertz CT molecular complexity index is 1020. The van der Waals surface area contributed by atoms with Gasteiger partial charge in [0, 0.05) is 30.6 Å². The molecular formula is C22H27ClN4O3. The van der Waals surface area contributed by atoms with Gasteiger partial charge in [0.25, 0.3) is 5.56 Å². The number of benzene rings is 1. The van der Waals surface area contributed by atoms with Crippen molar-refractivity contribution in [3.05, 3.63) is 39.4 Å². The zero-order chi connectivity index (χ0) is 21.3. The predicted molar refractivity (Wildman–Crippen MR) is 115 cm³/mol. The van der Waals surface area contributed by atoms with Crippen LogP contribution in [0.5, 0.6) is 0 Å². The number of nitrogens with zero attached hydrogens (tertiary/aromatic N) is 3. The predicted octanol–water partition coefficient (Wildman–Crippen LogP) is 3.11. The first-order chi connectivity index (χ1) is 14.5. The van der Waals surface area contributed by atoms with Crippen molar-refractivity contribution in [1.82, 2.24) is 19.8 Å². The van der Waals surface area contributed by atoms with E-state index in [1.54, 1.807) is 23.1 Å². The van der Waals surface area contributed by atoms with Crippen LogP contribution in [0.1, 0.15) is 51.3 Å². The number of likely N-dealkylation sites (tertiary alicyclic amines) is 1. The molecule has 2 fully saturated rings. The lowest BCUT2D eigenvalue weighted by Crippen LogP contribution is -2.39. The first kappa shape index (κ1) is 20.8. The van der Waals surface area contributed by atoms with Crippen molar-refractivity contribution >= 4 is 34.3 Å². The number of H-pyrrole nitrogens is 1. The molecule has 2 amide bonds. The van der Waals surface area contributed by atoms with Crippen LogP contribution in [0.4, 0.5) is 0 Å². The smallest absolute Gasteiger partial charge is 0.258 e. The van der Waals surface area contributed by atoms with Crippen LogP contribution < -0.4 is 5.56 Å². The molecule has 1 unspecified atom stereocenters. The summed E-state index contributed by atoms with van der Waals surface area (Å²) in [5.74, 6) is 0.142. The summed E-state index contributed by atoms with van der Waals surface area (Å²) < 4.78 is 0. The molecule has 0 spiro atoms. The topological polar surface area (TPSA) is 86.4 Å². The van der Waals surface area contributed by atoms with Gasteiger partial charge in [-0.2, -0.15) is 0 Å². The Balaban J connectivity index is 1.52. The average molecular weight is 431 g/mol. The summed E-state index contributed by atoms with van der Waals surface area (Å²) >= 11 is 6.04. The second-order valence-electron chi connectivity index (χ2n) is 8.32. The number of halogens is 1. The molecule has 1 aromatic heterocycles. The van der Waals surface area contributed by atoms with Gasteiger partial charge in [0.15, 0.2) is 0 Å². The van der Waals surface area contributed by atoms with Crippen LogP contribution in [-0.2, 0) is 16.1 Å². The number of carbonyl (C=O) groups excluding carboxylic acids is 2. The second-order valence-corrected chi connectivity index (χ2v) is 8.76. The Labute approximate surface area is 180 Å². The molecule has 2 heterocycles. The van der Waals surface area contributed by atoms with Crippen molar-refractivity contribution < 1.29 is 9.59 Å². The minimum Gasteiger partial charge on any atom is -0.339 e. The van der Waals surface area contributed by atoms with Gasteiger partial charge in [0.1, 0.15) is 5.82 Å². The lowest BCUT2D eigenvalue weighted by atomic mass is 10.1. The van der Waals surface area contributed by atoms with Crippen LogP contribution >= 0.6 is 11.6 Å². The fourth-order valence-corrected chi connectivity index (χ4v) is 4.84. The fourth-order valence-electron chi connectivity index (χ4n) is 4.68. The molecule has 2 aromatic rings. The Morgan fingerprint density at radius 3 is 2.80 bits per heavy atom. The molecule has 4 rings (SSSR count). The normalized spacial score (nSPS) is 19.7. The second kappa shape index (κ2) is 8.76. The van der Waals surface area contributed by atoms with Gasteiger partial charge in [-0.3, -0.25) is 14.4 Å². The standard InChI is InChI=1S/C22H27ClN4O3/c1-2-9-26(13-19-24-18-11-15(23)7-8-17(18)21(29)25-19)22(30)14-10-20(28)27(12-14)16-5-3-4-6-16/h7-8,11,14,16H,2-6,9-10,12-13H2,1H3,(H,24,25,29). The molecule has 1 aromatic carbocycles. The molecule has 160 valence electrons. The van der Waals surface area contributed by atoms with Gasteiger partial charge < -0.3 is 14.8 Å². The maximum Gasteiger partial charge on any atom is 0.258 e. The van der Waals surface area contributed by atoms with Gasteiger partial charge in [0.05, 0.1) is 23.4 Å². The molecule has 1 aliphatic heterocycles. The summed E-state index contributed by atoms with van der Waals surface area (Å²) in [5.41, 5.74) is 0.257. The number of amides is 2. The Hall–Kier alpha value is -2.41. The molecule has 8 heteroatoms. The van der Waals surface area contributed by atoms with E-state index in [2.05, 4.69) is 9.97 Å². The summed E-state index contributed by atoms with van der Waals surface area (Å²) in [6, 6.07) is 5.24. The van der Waals surface area contributed by atoms with Crippen molar-refractivity contribution in [2.45, 2.75) is 58.0 Å². The number of aromatic amines is 1. The van der Waals surface area contributed by atoms with E-state index in [0.29, 0.717) is 34.8 Å². The lowest BCUT2D eigenvalue weighted by Gasteiger charge is -2.26. The van der Waals surface area contributed by atoms with Crippen molar-refractivity contribution in [2.24, 2.45) is 5.92 Å². The number of hydrogen-bond donors (Lipinski definition) is 1. The average Bonchev–Trinajstić information content (AvgIpc) is 3.36. The van der Waals surface area contributed by atoms with E-state index in [-0.39, 0.29) is 42.3 Å². The highest BCUT2D eigenvalue weighted by molar-refractivity contribution is 6.31. The van der Waals surface area contributed by atoms with Crippen molar-refractivity contribution in [1.29, 1.82) is 0 Å². The largest absolute Gasteiger partial charge is 0.339 e. The number of nitrogens with one attached hydrogen (secondary N) is 1. The zero-order valence-electron chi connectivity index (χ0n) is 17.2. The third kappa shape index (κ3) is 4.21. The van der Waals surface area contributed by atoms with Crippen LogP contribution in [0.25, 0.3) is 10.9 Å². The van der Waals surface area contributed by atoms with E-state index < -0.39 is 0 Å². The first-order valence-electron chi connectivity index (χ1n) is 10.7. The van der Waals surface area contributed by atoms with Crippen LogP contribution in [-0.4, -0.2) is 50.7 Å². The fraction of sp³-hybridized carbons (Fsp3) is 0.545. The maximum absolute atomic E-state index is 13.3. The highest BCUT2D eigenvalue weighted by atomic mass is 35.5. The van der Waals surface area contributed by atoms with Gasteiger partial charge in [-0.1, -0.05) is 31.4 Å². The van der Waals surface area contributed by atoms with Crippen molar-refractivity contribution in [3.8, 4) is 0 Å². The van der Waals surface area contributed by atoms with Gasteiger partial charge in [-0.05, 0) is 37.5 Å². The van der Waals surface area contributed by atoms with Gasteiger partial charge >= 0.3 is 0 Å². The molecule has 0 radical (unpaired) electrons. The van der Waals surface area contributed by atoms with Gasteiger partial charge in [0.2, 0.25) is 11.8 Å². The summed E-state index contributed by atoms with van der Waals surface area (Å²) in [6.07, 6.45) is 5.43. The molecule has 1 saturated carbocycles. The quantitative estimate of drug-likeness (QED) is 0.762. The van der Waals surface area contributed by atoms with Crippen LogP contribution in [0.3, 0.4) is 0 Å². The molecule has 7 nitrogen and oxygen atoms in total. The number of rotatable bonds is 6. The molecule has 2 aliphatic rings. The monoisotopic (exact) mass is 430 g/mol. The Morgan fingerprint density at radius 1 is 1.30 bits per heavy atom. The van der Waals surface area contributed by atoms with Crippen molar-refractivity contribution in [3.63, 3.8) is 0 Å². The van der Waals surface area contributed by atoms with E-state index in [1.807, 2.05) is 11.8 Å². The van der Waals surface area contributed by atoms with E-state index >= 15 is 0 Å². The highest BCUT2D eigenvalue weighted by Gasteiger charge is 2.40. The molecule has 1 saturated heterocycles. The number of fused-ring (bicyclic) bond motifs is 1. The SMILES string of the molecule is CCCN(Cc1nc2cc(Cl)ccc2c(=O)[nH]1)C(=O)C1CC(=O)N(C2CCCC2)C1. The molecule has 1 atom stereocenters. The number of carbonyl (C=O) groups is 2. The minimum atomic E-state index is -0.328. The summed E-state index contributed by atoms with van der Waals surface area (Å²) in [4.78, 5) is 49.1. The Morgan fingerprint density at radius 2 is 2.07 bits per heavy atom. The molecule has 30 heavy (non-hydrogen) atoms. The van der Waals surface area contributed by atoms with Gasteiger partial charge in [-0.25, -0.2) is 4.98 Å². The maximum atomic E-state index is 13.3. The van der Waals surface area contributed by atoms with Gasteiger partial charge in [-0.15, -0.1) is 0 Å². The minimum absolute atomic E-state index is 0.0421. The molecule has 1 aliphatic carbocycles. The first-order valence-corrected chi connectivity index (χ1v) is 11.1. The molecule has 0 bridgehead atoms. The summed E-state index contributed by atoms with van der Waals surface area (Å²) in [5, 5.41) is 0.967. The third-order valence-electron chi connectivity index (χ3n) is 6.14. The molecular weight excluding hydrogens is 404 g/mol. The molecule has 1 N–H and O–H groups in total. The van der Waals surface area contributed by atoms with E-state index in [4.69, 9.17) is 11.6 Å². The van der Waals surface area contributed by atoms with E-state index in [1.165, 1.54) is 0 Å². The van der Waals surface area contributed by atoms with Crippen molar-refractivity contribution in [2.75, 3.05) is 13.1 Å². The van der Waals surface area contributed by atoms with Crippen LogP contribution in [0.15, 0.2) is 23.0 Å². The Kier molecular flexibility index (Phi) is 6.09. The van der Waals surface area contributed by atoms with Crippen LogP contribution in [0, 0.1) is 5.92 Å². The third-order valence-corrected chi connectivity index (χ3v) is 6.37. The van der Waals surface area contributed by atoms with E-state index in [0.717, 1.165) is 32.1 Å². The summed E-state index contributed by atoms with van der Waals surface area (Å²) in [7, 11) is 0.